The molecule has 11 heavy (non-hydrogen) atoms. The minimum Gasteiger partial charge on any atom is -0.478 e. The highest BCUT2D eigenvalue weighted by Gasteiger charge is 2.04. The second-order valence-electron chi connectivity index (χ2n) is 2.04. The molecule has 2 nitrogen and oxygen atoms in total. The molecule has 0 aliphatic carbocycles. The first-order chi connectivity index (χ1) is 5.11. The van der Waals surface area contributed by atoms with E-state index in [0.717, 1.165) is 0 Å². The number of hydrogen-bond donors (Lipinski definition) is 1. The molecule has 4 heteroatoms. The number of carbonyl (C=O) groups is 1. The van der Waals surface area contributed by atoms with Gasteiger partial charge in [0, 0.05) is 5.02 Å². The zero-order valence-corrected chi connectivity index (χ0v) is 6.30. The molecule has 0 fully saturated rings. The molecule has 0 aromatic heterocycles. The predicted molar refractivity (Wildman–Crippen MR) is 43.8 cm³/mol. The van der Waals surface area contributed by atoms with Crippen LogP contribution >= 0.6 is 11.6 Å². The lowest BCUT2D eigenvalue weighted by Crippen LogP contribution is -2.14. The van der Waals surface area contributed by atoms with Gasteiger partial charge in [-0.1, -0.05) is 17.1 Å². The summed E-state index contributed by atoms with van der Waals surface area (Å²) in [7, 11) is 5.36. The van der Waals surface area contributed by atoms with Crippen LogP contribution in [-0.2, 0) is 0 Å². The first-order valence-electron chi connectivity index (χ1n) is 2.89. The Balaban J connectivity index is 3.20. The van der Waals surface area contributed by atoms with Crippen molar-refractivity contribution in [2.24, 2.45) is 0 Å². The van der Waals surface area contributed by atoms with Gasteiger partial charge in [0.25, 0.3) is 0 Å². The molecule has 1 aromatic rings. The van der Waals surface area contributed by atoms with E-state index in [1.165, 1.54) is 18.2 Å². The SMILES string of the molecule is [B]c1cc(Cl)ccc1C(=O)O. The van der Waals surface area contributed by atoms with Crippen LogP contribution in [0.15, 0.2) is 18.2 Å². The fraction of sp³-hybridized carbons (Fsp3) is 0. The van der Waals surface area contributed by atoms with Gasteiger partial charge in [-0.05, 0) is 18.2 Å². The number of benzene rings is 1. The standard InChI is InChI=1S/C7H4BClO2/c8-6-3-4(9)1-2-5(6)7(10)11/h1-3H,(H,10,11). The minimum absolute atomic E-state index is 0.0781. The van der Waals surface area contributed by atoms with Crippen LogP contribution in [0, 0.1) is 0 Å². The van der Waals surface area contributed by atoms with Gasteiger partial charge in [-0.2, -0.15) is 0 Å². The van der Waals surface area contributed by atoms with Crippen LogP contribution in [0.3, 0.4) is 0 Å². The molecule has 2 radical (unpaired) electrons. The molecule has 54 valence electrons. The highest BCUT2D eigenvalue weighted by atomic mass is 35.5. The van der Waals surface area contributed by atoms with E-state index in [1.54, 1.807) is 0 Å². The summed E-state index contributed by atoms with van der Waals surface area (Å²) in [5.41, 5.74) is 0.263. The normalized spacial score (nSPS) is 9.55. The lowest BCUT2D eigenvalue weighted by atomic mass is 9.91. The van der Waals surface area contributed by atoms with Gasteiger partial charge in [-0.15, -0.1) is 0 Å². The molecule has 1 rings (SSSR count). The summed E-state index contributed by atoms with van der Waals surface area (Å²) in [4.78, 5) is 10.4. The van der Waals surface area contributed by atoms with Crippen LogP contribution in [0.25, 0.3) is 0 Å². The van der Waals surface area contributed by atoms with E-state index in [4.69, 9.17) is 24.6 Å². The average Bonchev–Trinajstić information content (AvgIpc) is 1.85. The fourth-order valence-electron chi connectivity index (χ4n) is 0.728. The monoisotopic (exact) mass is 166 g/mol. The molecule has 1 N–H and O–H groups in total. The van der Waals surface area contributed by atoms with Gasteiger partial charge in [-0.3, -0.25) is 0 Å². The van der Waals surface area contributed by atoms with Crippen molar-refractivity contribution in [1.29, 1.82) is 0 Å². The summed E-state index contributed by atoms with van der Waals surface area (Å²) < 4.78 is 0. The molecule has 0 unspecified atom stereocenters. The molecular weight excluding hydrogens is 162 g/mol. The third kappa shape index (κ3) is 1.74. The van der Waals surface area contributed by atoms with Crippen molar-refractivity contribution in [3.63, 3.8) is 0 Å². The van der Waals surface area contributed by atoms with Crippen LogP contribution in [0.5, 0.6) is 0 Å². The summed E-state index contributed by atoms with van der Waals surface area (Å²) in [5, 5.41) is 8.97. The second kappa shape index (κ2) is 2.97. The van der Waals surface area contributed by atoms with Gasteiger partial charge in [0.15, 0.2) is 0 Å². The Hall–Kier alpha value is -0.955. The zero-order chi connectivity index (χ0) is 8.43. The maximum absolute atomic E-state index is 10.4. The molecule has 0 saturated carbocycles. The van der Waals surface area contributed by atoms with E-state index < -0.39 is 5.97 Å². The Morgan fingerprint density at radius 1 is 1.55 bits per heavy atom. The number of hydrogen-bond acceptors (Lipinski definition) is 1. The van der Waals surface area contributed by atoms with E-state index in [1.807, 2.05) is 0 Å². The van der Waals surface area contributed by atoms with Crippen molar-refractivity contribution in [1.82, 2.24) is 0 Å². The largest absolute Gasteiger partial charge is 0.478 e. The number of rotatable bonds is 1. The molecule has 1 aromatic carbocycles. The molecule has 0 saturated heterocycles. The third-order valence-corrected chi connectivity index (χ3v) is 1.48. The van der Waals surface area contributed by atoms with E-state index in [0.29, 0.717) is 5.02 Å². The average molecular weight is 166 g/mol. The highest BCUT2D eigenvalue weighted by molar-refractivity contribution is 6.38. The van der Waals surface area contributed by atoms with Crippen LogP contribution < -0.4 is 5.46 Å². The maximum atomic E-state index is 10.4. The summed E-state index contributed by atoms with van der Waals surface area (Å²) in [6.07, 6.45) is 0. The smallest absolute Gasteiger partial charge is 0.335 e. The molecule has 0 heterocycles. The topological polar surface area (TPSA) is 37.3 Å². The van der Waals surface area contributed by atoms with Crippen molar-refractivity contribution < 1.29 is 9.90 Å². The van der Waals surface area contributed by atoms with Gasteiger partial charge in [0.1, 0.15) is 7.85 Å². The Kier molecular flexibility index (Phi) is 2.20. The van der Waals surface area contributed by atoms with Crippen molar-refractivity contribution in [2.75, 3.05) is 0 Å². The van der Waals surface area contributed by atoms with Crippen molar-refractivity contribution in [2.45, 2.75) is 0 Å². The first kappa shape index (κ1) is 8.14. The van der Waals surface area contributed by atoms with Gasteiger partial charge in [-0.25, -0.2) is 4.79 Å². The number of halogens is 1. The van der Waals surface area contributed by atoms with Gasteiger partial charge in [0.2, 0.25) is 0 Å². The first-order valence-corrected chi connectivity index (χ1v) is 3.27. The highest BCUT2D eigenvalue weighted by Crippen LogP contribution is 2.06. The lowest BCUT2D eigenvalue weighted by Gasteiger charge is -1.99. The molecule has 0 atom stereocenters. The van der Waals surface area contributed by atoms with Crippen molar-refractivity contribution in [3.8, 4) is 0 Å². The molecule has 0 bridgehead atoms. The summed E-state index contributed by atoms with van der Waals surface area (Å²) in [6, 6.07) is 4.27. The van der Waals surface area contributed by atoms with Gasteiger partial charge in [0.05, 0.1) is 5.56 Å². The molecular formula is C7H4BClO2. The number of carboxylic acid groups (broad SMARTS) is 1. The van der Waals surface area contributed by atoms with Crippen LogP contribution in [0.4, 0.5) is 0 Å². The summed E-state index contributed by atoms with van der Waals surface area (Å²) in [5.74, 6) is -1.04. The summed E-state index contributed by atoms with van der Waals surface area (Å²) in [6.45, 7) is 0. The van der Waals surface area contributed by atoms with E-state index in [9.17, 15) is 4.79 Å². The quantitative estimate of drug-likeness (QED) is 0.628. The molecule has 0 aliphatic rings. The van der Waals surface area contributed by atoms with E-state index >= 15 is 0 Å². The number of aromatic carboxylic acids is 1. The van der Waals surface area contributed by atoms with Crippen molar-refractivity contribution >= 4 is 30.9 Å². The van der Waals surface area contributed by atoms with E-state index in [2.05, 4.69) is 0 Å². The lowest BCUT2D eigenvalue weighted by molar-refractivity contribution is 0.0698. The van der Waals surface area contributed by atoms with Crippen LogP contribution in [0.2, 0.25) is 5.02 Å². The van der Waals surface area contributed by atoms with Crippen molar-refractivity contribution in [3.05, 3.63) is 28.8 Å². The predicted octanol–water partition coefficient (Wildman–Crippen LogP) is 0.832. The second-order valence-corrected chi connectivity index (χ2v) is 2.47. The van der Waals surface area contributed by atoms with E-state index in [-0.39, 0.29) is 11.0 Å². The fourth-order valence-corrected chi connectivity index (χ4v) is 0.909. The Morgan fingerprint density at radius 3 is 2.64 bits per heavy atom. The number of carboxylic acids is 1. The minimum atomic E-state index is -1.04. The molecule has 0 amide bonds. The zero-order valence-electron chi connectivity index (χ0n) is 5.54. The van der Waals surface area contributed by atoms with Crippen LogP contribution in [-0.4, -0.2) is 18.9 Å². The maximum Gasteiger partial charge on any atom is 0.335 e. The molecule has 0 aliphatic heterocycles. The Bertz CT molecular complexity index is 298. The summed E-state index contributed by atoms with van der Waals surface area (Å²) >= 11 is 5.55. The Morgan fingerprint density at radius 2 is 2.18 bits per heavy atom. The third-order valence-electron chi connectivity index (χ3n) is 1.24. The molecule has 0 spiro atoms. The van der Waals surface area contributed by atoms with Gasteiger partial charge < -0.3 is 5.11 Å². The van der Waals surface area contributed by atoms with Gasteiger partial charge >= 0.3 is 5.97 Å². The Labute approximate surface area is 70.2 Å². The van der Waals surface area contributed by atoms with Crippen LogP contribution in [0.1, 0.15) is 10.4 Å².